The summed E-state index contributed by atoms with van der Waals surface area (Å²) < 4.78 is 7.69. The largest absolute Gasteiger partial charge is 0.381 e. The van der Waals surface area contributed by atoms with Crippen LogP contribution >= 0.6 is 11.6 Å². The Hall–Kier alpha value is -2.05. The minimum Gasteiger partial charge on any atom is -0.381 e. The summed E-state index contributed by atoms with van der Waals surface area (Å²) in [6.07, 6.45) is 2.92. The fraction of sp³-hybridized carbons (Fsp3) is 0.545. The number of aromatic nitrogens is 2. The molecule has 1 aromatic carbocycles. The zero-order valence-corrected chi connectivity index (χ0v) is 18.4. The molecule has 6 nitrogen and oxygen atoms in total. The molecule has 7 heteroatoms. The maximum absolute atomic E-state index is 6.27. The predicted molar refractivity (Wildman–Crippen MR) is 119 cm³/mol. The summed E-state index contributed by atoms with van der Waals surface area (Å²) in [5.41, 5.74) is 3.54. The van der Waals surface area contributed by atoms with E-state index in [1.54, 1.807) is 0 Å². The molecule has 1 saturated heterocycles. The van der Waals surface area contributed by atoms with Crippen LogP contribution in [0.2, 0.25) is 5.02 Å². The first-order chi connectivity index (χ1) is 14.0. The lowest BCUT2D eigenvalue weighted by Crippen LogP contribution is -2.48. The van der Waals surface area contributed by atoms with Gasteiger partial charge in [0.1, 0.15) is 0 Å². The third kappa shape index (κ3) is 5.73. The normalized spacial score (nSPS) is 16.6. The van der Waals surface area contributed by atoms with Gasteiger partial charge >= 0.3 is 0 Å². The standard InChI is InChI=1S/C22H32ClN5O/c1-17-14-18(2)28(27-17)11-5-10-25-21(24-3)26-16-22(8-12-29-13-9-22)19-6-4-7-20(23)15-19/h4,6-7,14-15H,5,8-13,16H2,1-3H3,(H2,24,25,26). The van der Waals surface area contributed by atoms with Crippen LogP contribution in [-0.4, -0.2) is 49.1 Å². The van der Waals surface area contributed by atoms with Gasteiger partial charge in [-0.15, -0.1) is 0 Å². The lowest BCUT2D eigenvalue weighted by molar-refractivity contribution is 0.0514. The molecule has 0 unspecified atom stereocenters. The second-order valence-electron chi connectivity index (χ2n) is 7.76. The summed E-state index contributed by atoms with van der Waals surface area (Å²) in [5.74, 6) is 0.825. The molecule has 1 fully saturated rings. The van der Waals surface area contributed by atoms with Gasteiger partial charge in [-0.25, -0.2) is 0 Å². The van der Waals surface area contributed by atoms with Crippen molar-refractivity contribution in [1.82, 2.24) is 20.4 Å². The Morgan fingerprint density at radius 3 is 2.69 bits per heavy atom. The molecule has 0 aliphatic carbocycles. The molecular formula is C22H32ClN5O. The zero-order valence-electron chi connectivity index (χ0n) is 17.7. The second kappa shape index (κ2) is 10.1. The smallest absolute Gasteiger partial charge is 0.191 e. The molecule has 2 N–H and O–H groups in total. The number of aryl methyl sites for hydroxylation is 3. The first-order valence-corrected chi connectivity index (χ1v) is 10.7. The van der Waals surface area contributed by atoms with E-state index < -0.39 is 0 Å². The summed E-state index contributed by atoms with van der Waals surface area (Å²) in [4.78, 5) is 4.40. The fourth-order valence-corrected chi connectivity index (χ4v) is 4.15. The van der Waals surface area contributed by atoms with E-state index in [4.69, 9.17) is 16.3 Å². The van der Waals surface area contributed by atoms with Crippen LogP contribution in [0, 0.1) is 13.8 Å². The van der Waals surface area contributed by atoms with Gasteiger partial charge < -0.3 is 15.4 Å². The van der Waals surface area contributed by atoms with E-state index in [1.165, 1.54) is 11.3 Å². The number of nitrogens with zero attached hydrogens (tertiary/aromatic N) is 3. The highest BCUT2D eigenvalue weighted by molar-refractivity contribution is 6.30. The number of benzene rings is 1. The molecule has 2 heterocycles. The highest BCUT2D eigenvalue weighted by atomic mass is 35.5. The van der Waals surface area contributed by atoms with Crippen molar-refractivity contribution in [2.45, 2.75) is 45.1 Å². The van der Waals surface area contributed by atoms with E-state index in [-0.39, 0.29) is 5.41 Å². The molecule has 0 radical (unpaired) electrons. The van der Waals surface area contributed by atoms with E-state index in [0.717, 1.165) is 68.8 Å². The van der Waals surface area contributed by atoms with Crippen LogP contribution < -0.4 is 10.6 Å². The van der Waals surface area contributed by atoms with Crippen LogP contribution in [0.15, 0.2) is 35.3 Å². The Balaban J connectivity index is 1.54. The SMILES string of the molecule is CN=C(NCCCn1nc(C)cc1C)NCC1(c2cccc(Cl)c2)CCOCC1. The average Bonchev–Trinajstić information content (AvgIpc) is 3.05. The van der Waals surface area contributed by atoms with Gasteiger partial charge in [-0.05, 0) is 56.9 Å². The summed E-state index contributed by atoms with van der Waals surface area (Å²) >= 11 is 6.27. The van der Waals surface area contributed by atoms with E-state index in [1.807, 2.05) is 26.1 Å². The van der Waals surface area contributed by atoms with Gasteiger partial charge in [-0.1, -0.05) is 23.7 Å². The van der Waals surface area contributed by atoms with Gasteiger partial charge in [0.15, 0.2) is 5.96 Å². The molecule has 0 amide bonds. The molecule has 0 saturated carbocycles. The molecule has 1 aliphatic heterocycles. The van der Waals surface area contributed by atoms with Crippen LogP contribution in [0.5, 0.6) is 0 Å². The molecule has 158 valence electrons. The highest BCUT2D eigenvalue weighted by Crippen LogP contribution is 2.35. The van der Waals surface area contributed by atoms with E-state index in [9.17, 15) is 0 Å². The minimum absolute atomic E-state index is 0.00443. The number of ether oxygens (including phenoxy) is 1. The summed E-state index contributed by atoms with van der Waals surface area (Å²) in [6, 6.07) is 10.3. The van der Waals surface area contributed by atoms with Gasteiger partial charge in [0.2, 0.25) is 0 Å². The molecule has 3 rings (SSSR count). The van der Waals surface area contributed by atoms with Crippen molar-refractivity contribution in [1.29, 1.82) is 0 Å². The number of hydrogen-bond acceptors (Lipinski definition) is 3. The summed E-state index contributed by atoms with van der Waals surface area (Å²) in [7, 11) is 1.81. The van der Waals surface area contributed by atoms with Crippen molar-refractivity contribution in [2.75, 3.05) is 33.4 Å². The average molecular weight is 418 g/mol. The van der Waals surface area contributed by atoms with Crippen LogP contribution in [0.1, 0.15) is 36.2 Å². The lowest BCUT2D eigenvalue weighted by atomic mass is 9.74. The molecule has 0 atom stereocenters. The number of hydrogen-bond donors (Lipinski definition) is 2. The van der Waals surface area contributed by atoms with Crippen LogP contribution in [-0.2, 0) is 16.7 Å². The van der Waals surface area contributed by atoms with Gasteiger partial charge in [-0.2, -0.15) is 5.10 Å². The van der Waals surface area contributed by atoms with Gasteiger partial charge in [0.05, 0.1) is 5.69 Å². The maximum Gasteiger partial charge on any atom is 0.191 e. The second-order valence-corrected chi connectivity index (χ2v) is 8.20. The molecule has 2 aromatic rings. The number of nitrogens with one attached hydrogen (secondary N) is 2. The molecule has 1 aromatic heterocycles. The molecular weight excluding hydrogens is 386 g/mol. The van der Waals surface area contributed by atoms with Gasteiger partial charge in [0.25, 0.3) is 0 Å². The Bertz CT molecular complexity index is 826. The van der Waals surface area contributed by atoms with Crippen molar-refractivity contribution in [3.05, 3.63) is 52.3 Å². The minimum atomic E-state index is 0.00443. The van der Waals surface area contributed by atoms with Crippen molar-refractivity contribution in [2.24, 2.45) is 4.99 Å². The predicted octanol–water partition coefficient (Wildman–Crippen LogP) is 3.46. The summed E-state index contributed by atoms with van der Waals surface area (Å²) in [5, 5.41) is 12.2. The Labute approximate surface area is 178 Å². The Morgan fingerprint density at radius 2 is 2.03 bits per heavy atom. The first kappa shape index (κ1) is 21.7. The van der Waals surface area contributed by atoms with E-state index in [2.05, 4.69) is 50.5 Å². The fourth-order valence-electron chi connectivity index (χ4n) is 3.96. The van der Waals surface area contributed by atoms with Crippen molar-refractivity contribution < 1.29 is 4.74 Å². The quantitative estimate of drug-likeness (QED) is 0.411. The number of aliphatic imine (C=N–C) groups is 1. The lowest BCUT2D eigenvalue weighted by Gasteiger charge is -2.38. The highest BCUT2D eigenvalue weighted by Gasteiger charge is 2.34. The third-order valence-corrected chi connectivity index (χ3v) is 5.88. The first-order valence-electron chi connectivity index (χ1n) is 10.3. The van der Waals surface area contributed by atoms with Gasteiger partial charge in [0, 0.05) is 56.0 Å². The number of guanidine groups is 1. The molecule has 0 spiro atoms. The van der Waals surface area contributed by atoms with Crippen molar-refractivity contribution in [3.63, 3.8) is 0 Å². The topological polar surface area (TPSA) is 63.5 Å². The third-order valence-electron chi connectivity index (χ3n) is 5.65. The van der Waals surface area contributed by atoms with Crippen LogP contribution in [0.25, 0.3) is 0 Å². The molecule has 29 heavy (non-hydrogen) atoms. The number of rotatable bonds is 7. The number of halogens is 1. The zero-order chi connectivity index (χ0) is 20.7. The van der Waals surface area contributed by atoms with Crippen molar-refractivity contribution in [3.8, 4) is 0 Å². The summed E-state index contributed by atoms with van der Waals surface area (Å²) in [6.45, 7) is 8.19. The Kier molecular flexibility index (Phi) is 7.56. The van der Waals surface area contributed by atoms with E-state index >= 15 is 0 Å². The van der Waals surface area contributed by atoms with Crippen LogP contribution in [0.3, 0.4) is 0 Å². The molecule has 0 bridgehead atoms. The monoisotopic (exact) mass is 417 g/mol. The van der Waals surface area contributed by atoms with Gasteiger partial charge in [-0.3, -0.25) is 9.67 Å². The van der Waals surface area contributed by atoms with Crippen LogP contribution in [0.4, 0.5) is 0 Å². The molecule has 1 aliphatic rings. The van der Waals surface area contributed by atoms with E-state index in [0.29, 0.717) is 0 Å². The maximum atomic E-state index is 6.27. The van der Waals surface area contributed by atoms with Crippen molar-refractivity contribution >= 4 is 17.6 Å². The Morgan fingerprint density at radius 1 is 1.24 bits per heavy atom.